The van der Waals surface area contributed by atoms with E-state index in [1.165, 1.54) is 0 Å². The van der Waals surface area contributed by atoms with Gasteiger partial charge in [-0.15, -0.1) is 0 Å². The maximum Gasteiger partial charge on any atom is 0.239 e. The molecule has 0 spiro atoms. The third-order valence-corrected chi connectivity index (χ3v) is 3.21. The van der Waals surface area contributed by atoms with E-state index in [-0.39, 0.29) is 12.2 Å². The Morgan fingerprint density at radius 3 is 2.41 bits per heavy atom. The second kappa shape index (κ2) is 5.67. The highest BCUT2D eigenvalue weighted by atomic mass is 32.2. The molecular formula is C11H16N2O3S. The van der Waals surface area contributed by atoms with E-state index >= 15 is 0 Å². The summed E-state index contributed by atoms with van der Waals surface area (Å²) in [6, 6.07) is 8.38. The Morgan fingerprint density at radius 2 is 1.94 bits per heavy atom. The van der Waals surface area contributed by atoms with Gasteiger partial charge >= 0.3 is 0 Å². The number of anilines is 1. The molecule has 1 aromatic carbocycles. The van der Waals surface area contributed by atoms with E-state index in [2.05, 4.69) is 5.32 Å². The molecule has 0 saturated heterocycles. The van der Waals surface area contributed by atoms with Crippen LogP contribution in [0.3, 0.4) is 0 Å². The summed E-state index contributed by atoms with van der Waals surface area (Å²) < 4.78 is 22.1. The normalized spacial score (nSPS) is 13.0. The first-order chi connectivity index (χ1) is 7.88. The van der Waals surface area contributed by atoms with Crippen molar-refractivity contribution in [3.8, 4) is 0 Å². The van der Waals surface area contributed by atoms with Gasteiger partial charge in [0.1, 0.15) is 15.9 Å². The lowest BCUT2D eigenvalue weighted by Crippen LogP contribution is -2.36. The molecule has 1 amide bonds. The van der Waals surface area contributed by atoms with Gasteiger partial charge in [-0.1, -0.05) is 18.2 Å². The minimum atomic E-state index is -3.09. The molecule has 0 aliphatic heterocycles. The van der Waals surface area contributed by atoms with Crippen molar-refractivity contribution in [2.75, 3.05) is 17.3 Å². The van der Waals surface area contributed by atoms with Gasteiger partial charge in [-0.2, -0.15) is 0 Å². The zero-order valence-corrected chi connectivity index (χ0v) is 10.4. The molecule has 17 heavy (non-hydrogen) atoms. The number of nitrogens with two attached hydrogens (primary N) is 1. The predicted molar refractivity (Wildman–Crippen MR) is 67.4 cm³/mol. The van der Waals surface area contributed by atoms with Crippen LogP contribution in [0.15, 0.2) is 30.3 Å². The number of benzene rings is 1. The molecule has 0 aromatic heterocycles. The van der Waals surface area contributed by atoms with Crippen LogP contribution in [0.25, 0.3) is 0 Å². The van der Waals surface area contributed by atoms with Gasteiger partial charge in [-0.3, -0.25) is 4.79 Å². The van der Waals surface area contributed by atoms with Crippen LogP contribution >= 0.6 is 0 Å². The van der Waals surface area contributed by atoms with Crippen molar-refractivity contribution in [2.45, 2.75) is 12.5 Å². The first-order valence-corrected chi connectivity index (χ1v) is 7.23. The smallest absolute Gasteiger partial charge is 0.239 e. The largest absolute Gasteiger partial charge is 0.374 e. The Kier molecular flexibility index (Phi) is 4.51. The van der Waals surface area contributed by atoms with Crippen LogP contribution in [0, 0.1) is 0 Å². The molecule has 0 heterocycles. The van der Waals surface area contributed by atoms with Gasteiger partial charge in [0.05, 0.1) is 5.75 Å². The zero-order valence-electron chi connectivity index (χ0n) is 9.59. The second-order valence-electron chi connectivity index (χ2n) is 3.88. The van der Waals surface area contributed by atoms with E-state index < -0.39 is 21.8 Å². The lowest BCUT2D eigenvalue weighted by molar-refractivity contribution is -0.118. The third-order valence-electron chi connectivity index (χ3n) is 2.24. The summed E-state index contributed by atoms with van der Waals surface area (Å²) >= 11 is 0. The molecule has 0 bridgehead atoms. The third kappa shape index (κ3) is 5.35. The standard InChI is InChI=1S/C11H16N2O3S/c1-17(15,16)8-7-10(11(12)14)13-9-5-3-2-4-6-9/h2-6,10,13H,7-8H2,1H3,(H2,12,14). The number of amides is 1. The Labute approximate surface area is 101 Å². The summed E-state index contributed by atoms with van der Waals surface area (Å²) in [4.78, 5) is 11.2. The van der Waals surface area contributed by atoms with E-state index in [4.69, 9.17) is 5.73 Å². The molecule has 1 atom stereocenters. The molecule has 3 N–H and O–H groups in total. The molecule has 0 aliphatic rings. The van der Waals surface area contributed by atoms with Gasteiger partial charge in [-0.05, 0) is 18.6 Å². The number of hydrogen-bond donors (Lipinski definition) is 2. The average Bonchev–Trinajstić information content (AvgIpc) is 2.24. The Balaban J connectivity index is 2.65. The topological polar surface area (TPSA) is 89.3 Å². The molecule has 1 rings (SSSR count). The summed E-state index contributed by atoms with van der Waals surface area (Å²) in [5.74, 6) is -0.627. The van der Waals surface area contributed by atoms with Crippen LogP contribution in [0.2, 0.25) is 0 Å². The minimum absolute atomic E-state index is 0.0690. The lowest BCUT2D eigenvalue weighted by Gasteiger charge is -2.16. The van der Waals surface area contributed by atoms with Crippen LogP contribution in [-0.2, 0) is 14.6 Å². The van der Waals surface area contributed by atoms with Crippen LogP contribution < -0.4 is 11.1 Å². The quantitative estimate of drug-likeness (QED) is 0.770. The van der Waals surface area contributed by atoms with E-state index in [9.17, 15) is 13.2 Å². The number of sulfone groups is 1. The summed E-state index contributed by atoms with van der Waals surface area (Å²) in [6.07, 6.45) is 1.30. The summed E-state index contributed by atoms with van der Waals surface area (Å²) in [7, 11) is -3.09. The monoisotopic (exact) mass is 256 g/mol. The maximum atomic E-state index is 11.2. The van der Waals surface area contributed by atoms with Crippen LogP contribution in [0.5, 0.6) is 0 Å². The molecule has 0 aliphatic carbocycles. The number of rotatable bonds is 6. The van der Waals surface area contributed by atoms with Crippen molar-refractivity contribution in [3.63, 3.8) is 0 Å². The second-order valence-corrected chi connectivity index (χ2v) is 6.14. The summed E-state index contributed by atoms with van der Waals surface area (Å²) in [5.41, 5.74) is 5.96. The first kappa shape index (κ1) is 13.5. The van der Waals surface area contributed by atoms with E-state index in [1.807, 2.05) is 18.2 Å². The van der Waals surface area contributed by atoms with E-state index in [0.717, 1.165) is 11.9 Å². The van der Waals surface area contributed by atoms with Gasteiger partial charge in [0, 0.05) is 11.9 Å². The van der Waals surface area contributed by atoms with Crippen molar-refractivity contribution < 1.29 is 13.2 Å². The molecular weight excluding hydrogens is 240 g/mol. The number of carbonyl (C=O) groups is 1. The van der Waals surface area contributed by atoms with Gasteiger partial charge in [-0.25, -0.2) is 8.42 Å². The molecule has 0 radical (unpaired) electrons. The van der Waals surface area contributed by atoms with Gasteiger partial charge in [0.25, 0.3) is 0 Å². The number of nitrogens with one attached hydrogen (secondary N) is 1. The fourth-order valence-corrected chi connectivity index (χ4v) is 2.02. The van der Waals surface area contributed by atoms with Crippen molar-refractivity contribution >= 4 is 21.4 Å². The highest BCUT2D eigenvalue weighted by Crippen LogP contribution is 2.09. The molecule has 0 saturated carbocycles. The lowest BCUT2D eigenvalue weighted by atomic mass is 10.2. The predicted octanol–water partition coefficient (Wildman–Crippen LogP) is 0.387. The van der Waals surface area contributed by atoms with Gasteiger partial charge in [0.15, 0.2) is 0 Å². The molecule has 1 unspecified atom stereocenters. The molecule has 6 heteroatoms. The summed E-state index contributed by atoms with van der Waals surface area (Å²) in [6.45, 7) is 0. The zero-order chi connectivity index (χ0) is 12.9. The van der Waals surface area contributed by atoms with Crippen molar-refractivity contribution in [1.29, 1.82) is 0 Å². The Bertz CT molecular complexity index is 471. The fraction of sp³-hybridized carbons (Fsp3) is 0.364. The van der Waals surface area contributed by atoms with Gasteiger partial charge < -0.3 is 11.1 Å². The number of hydrogen-bond acceptors (Lipinski definition) is 4. The molecule has 5 nitrogen and oxygen atoms in total. The average molecular weight is 256 g/mol. The molecule has 1 aromatic rings. The minimum Gasteiger partial charge on any atom is -0.374 e. The summed E-state index contributed by atoms with van der Waals surface area (Å²) in [5, 5.41) is 2.91. The maximum absolute atomic E-state index is 11.2. The highest BCUT2D eigenvalue weighted by molar-refractivity contribution is 7.90. The van der Waals surface area contributed by atoms with Crippen molar-refractivity contribution in [2.24, 2.45) is 5.73 Å². The first-order valence-electron chi connectivity index (χ1n) is 5.17. The fourth-order valence-electron chi connectivity index (χ4n) is 1.35. The van der Waals surface area contributed by atoms with Crippen LogP contribution in [-0.4, -0.2) is 32.4 Å². The molecule has 0 fully saturated rings. The van der Waals surface area contributed by atoms with Gasteiger partial charge in [0.2, 0.25) is 5.91 Å². The number of carbonyl (C=O) groups excluding carboxylic acids is 1. The Morgan fingerprint density at radius 1 is 1.35 bits per heavy atom. The van der Waals surface area contributed by atoms with E-state index in [0.29, 0.717) is 0 Å². The SMILES string of the molecule is CS(=O)(=O)CCC(Nc1ccccc1)C(N)=O. The molecule has 94 valence electrons. The number of primary amides is 1. The highest BCUT2D eigenvalue weighted by Gasteiger charge is 2.17. The van der Waals surface area contributed by atoms with Crippen molar-refractivity contribution in [3.05, 3.63) is 30.3 Å². The van der Waals surface area contributed by atoms with Crippen molar-refractivity contribution in [1.82, 2.24) is 0 Å². The Hall–Kier alpha value is -1.56. The van der Waals surface area contributed by atoms with Crippen LogP contribution in [0.1, 0.15) is 6.42 Å². The van der Waals surface area contributed by atoms with E-state index in [1.54, 1.807) is 12.1 Å². The van der Waals surface area contributed by atoms with Crippen LogP contribution in [0.4, 0.5) is 5.69 Å². The number of para-hydroxylation sites is 1.